The Labute approximate surface area is 114 Å². The minimum atomic E-state index is -0.299. The summed E-state index contributed by atoms with van der Waals surface area (Å²) < 4.78 is 6.91. The molecule has 4 heteroatoms. The van der Waals surface area contributed by atoms with Crippen molar-refractivity contribution in [2.45, 2.75) is 0 Å². The molecular weight excluding hydrogens is 258 g/mol. The third-order valence-electron chi connectivity index (χ3n) is 2.90. The molecule has 0 N–H and O–H groups in total. The van der Waals surface area contributed by atoms with Crippen molar-refractivity contribution in [2.75, 3.05) is 7.11 Å². The molecule has 0 aliphatic carbocycles. The van der Waals surface area contributed by atoms with E-state index in [9.17, 15) is 4.79 Å². The number of carbonyl (C=O) groups is 1. The Balaban J connectivity index is 2.34. The normalized spacial score (nSPS) is 10.6. The zero-order valence-electron chi connectivity index (χ0n) is 10.4. The molecule has 0 spiro atoms. The molecule has 0 aliphatic rings. The van der Waals surface area contributed by atoms with Crippen LogP contribution < -0.4 is 4.40 Å². The van der Waals surface area contributed by atoms with Crippen molar-refractivity contribution in [3.05, 3.63) is 59.6 Å². The summed E-state index contributed by atoms with van der Waals surface area (Å²) in [5.74, 6) is -0.299. The fraction of sp³-hybridized carbons (Fsp3) is 0.0667. The highest BCUT2D eigenvalue weighted by atomic mass is 32.1. The first kappa shape index (κ1) is 11.9. The lowest BCUT2D eigenvalue weighted by Crippen LogP contribution is -2.21. The third kappa shape index (κ3) is 2.00. The smallest absolute Gasteiger partial charge is 0.355 e. The van der Waals surface area contributed by atoms with Crippen molar-refractivity contribution in [1.82, 2.24) is 0 Å². The van der Waals surface area contributed by atoms with E-state index in [1.165, 1.54) is 18.4 Å². The molecule has 2 heterocycles. The Bertz CT molecular complexity index is 734. The van der Waals surface area contributed by atoms with Gasteiger partial charge in [0.25, 0.3) is 4.83 Å². The number of hydrogen-bond donors (Lipinski definition) is 0. The highest BCUT2D eigenvalue weighted by Crippen LogP contribution is 2.27. The van der Waals surface area contributed by atoms with Crippen molar-refractivity contribution in [1.29, 1.82) is 0 Å². The number of benzene rings is 1. The van der Waals surface area contributed by atoms with Gasteiger partial charge in [-0.3, -0.25) is 0 Å². The molecule has 0 aliphatic heterocycles. The number of nitrogens with zero attached hydrogens (tertiary/aromatic N) is 1. The van der Waals surface area contributed by atoms with E-state index in [0.717, 1.165) is 16.1 Å². The van der Waals surface area contributed by atoms with Gasteiger partial charge in [0.15, 0.2) is 11.1 Å². The zero-order chi connectivity index (χ0) is 13.2. The van der Waals surface area contributed by atoms with Gasteiger partial charge in [-0.25, -0.2) is 4.79 Å². The minimum absolute atomic E-state index is 0.299. The second-order valence-corrected chi connectivity index (χ2v) is 5.08. The van der Waals surface area contributed by atoms with Gasteiger partial charge >= 0.3 is 5.97 Å². The Morgan fingerprint density at radius 2 is 1.84 bits per heavy atom. The van der Waals surface area contributed by atoms with Gasteiger partial charge in [0, 0.05) is 17.7 Å². The maximum absolute atomic E-state index is 12.0. The molecular formula is C15H12NO2S+. The van der Waals surface area contributed by atoms with Crippen molar-refractivity contribution in [2.24, 2.45) is 0 Å². The number of fused-ring (bicyclic) bond motifs is 1. The summed E-state index contributed by atoms with van der Waals surface area (Å²) in [5.41, 5.74) is 1.89. The van der Waals surface area contributed by atoms with Gasteiger partial charge in [-0.15, -0.1) is 4.40 Å². The average Bonchev–Trinajstić information content (AvgIpc) is 2.86. The molecule has 0 unspecified atom stereocenters. The molecule has 0 saturated heterocycles. The molecule has 2 aromatic heterocycles. The zero-order valence-corrected chi connectivity index (χ0v) is 11.2. The summed E-state index contributed by atoms with van der Waals surface area (Å²) in [4.78, 5) is 13.6. The molecule has 0 amide bonds. The summed E-state index contributed by atoms with van der Waals surface area (Å²) in [6.07, 6.45) is 1.96. The van der Waals surface area contributed by atoms with Crippen LogP contribution in [-0.2, 0) is 4.74 Å². The molecule has 94 valence electrons. The van der Waals surface area contributed by atoms with E-state index in [0.29, 0.717) is 4.88 Å². The molecule has 3 aromatic rings. The molecule has 0 saturated carbocycles. The van der Waals surface area contributed by atoms with Gasteiger partial charge in [0.1, 0.15) is 0 Å². The largest absolute Gasteiger partial charge is 0.465 e. The second kappa shape index (κ2) is 4.82. The molecule has 0 fully saturated rings. The van der Waals surface area contributed by atoms with E-state index in [-0.39, 0.29) is 5.97 Å². The summed E-state index contributed by atoms with van der Waals surface area (Å²) in [7, 11) is 1.41. The Morgan fingerprint density at radius 3 is 2.58 bits per heavy atom. The molecule has 0 radical (unpaired) electrons. The van der Waals surface area contributed by atoms with Crippen LogP contribution in [0, 0.1) is 0 Å². The maximum Gasteiger partial charge on any atom is 0.355 e. The second-order valence-electron chi connectivity index (χ2n) is 4.05. The number of methoxy groups -OCH3 is 1. The van der Waals surface area contributed by atoms with Crippen LogP contribution >= 0.6 is 11.3 Å². The SMILES string of the molecule is COC(=O)c1sc2cccc[n+]2c1-c1ccccc1. The quantitative estimate of drug-likeness (QED) is 0.529. The fourth-order valence-electron chi connectivity index (χ4n) is 2.05. The number of hydrogen-bond acceptors (Lipinski definition) is 3. The van der Waals surface area contributed by atoms with Crippen molar-refractivity contribution in [3.8, 4) is 11.3 Å². The molecule has 3 rings (SSSR count). The first-order valence-corrected chi connectivity index (χ1v) is 6.70. The lowest BCUT2D eigenvalue weighted by atomic mass is 10.1. The Hall–Kier alpha value is -2.20. The van der Waals surface area contributed by atoms with Crippen molar-refractivity contribution >= 4 is 22.1 Å². The van der Waals surface area contributed by atoms with Crippen LogP contribution in [0.4, 0.5) is 0 Å². The van der Waals surface area contributed by atoms with E-state index < -0.39 is 0 Å². The predicted octanol–water partition coefficient (Wildman–Crippen LogP) is 2.94. The maximum atomic E-state index is 12.0. The highest BCUT2D eigenvalue weighted by Gasteiger charge is 2.27. The summed E-state index contributed by atoms with van der Waals surface area (Å²) >= 11 is 1.44. The Morgan fingerprint density at radius 1 is 1.11 bits per heavy atom. The number of ether oxygens (including phenoxy) is 1. The van der Waals surface area contributed by atoms with Gasteiger partial charge in [-0.05, 0) is 18.2 Å². The van der Waals surface area contributed by atoms with Crippen LogP contribution in [0.3, 0.4) is 0 Å². The molecule has 0 atom stereocenters. The summed E-state index contributed by atoms with van der Waals surface area (Å²) in [6.45, 7) is 0. The lowest BCUT2D eigenvalue weighted by Gasteiger charge is -1.97. The van der Waals surface area contributed by atoms with Gasteiger partial charge in [-0.1, -0.05) is 29.5 Å². The van der Waals surface area contributed by atoms with Gasteiger partial charge in [0.2, 0.25) is 5.69 Å². The summed E-state index contributed by atoms with van der Waals surface area (Å²) in [6, 6.07) is 15.8. The first-order valence-electron chi connectivity index (χ1n) is 5.88. The predicted molar refractivity (Wildman–Crippen MR) is 74.3 cm³/mol. The lowest BCUT2D eigenvalue weighted by molar-refractivity contribution is -0.495. The van der Waals surface area contributed by atoms with Crippen LogP contribution in [-0.4, -0.2) is 13.1 Å². The highest BCUT2D eigenvalue weighted by molar-refractivity contribution is 7.19. The monoisotopic (exact) mass is 270 g/mol. The molecule has 0 bridgehead atoms. The number of esters is 1. The third-order valence-corrected chi connectivity index (χ3v) is 4.01. The molecule has 1 aromatic carbocycles. The number of rotatable bonds is 2. The number of carbonyl (C=O) groups excluding carboxylic acids is 1. The molecule has 3 nitrogen and oxygen atoms in total. The molecule has 19 heavy (non-hydrogen) atoms. The first-order chi connectivity index (χ1) is 9.31. The van der Waals surface area contributed by atoms with Crippen LogP contribution in [0.2, 0.25) is 0 Å². The van der Waals surface area contributed by atoms with Crippen LogP contribution in [0.1, 0.15) is 9.67 Å². The van der Waals surface area contributed by atoms with E-state index in [1.54, 1.807) is 0 Å². The number of thiazole rings is 1. The van der Waals surface area contributed by atoms with E-state index in [4.69, 9.17) is 4.74 Å². The Kier molecular flexibility index (Phi) is 3.01. The van der Waals surface area contributed by atoms with Crippen LogP contribution in [0.15, 0.2) is 54.7 Å². The van der Waals surface area contributed by atoms with Crippen LogP contribution in [0.5, 0.6) is 0 Å². The standard InChI is InChI=1S/C15H12NO2S/c1-18-15(17)14-13(11-7-3-2-4-8-11)16-10-6-5-9-12(16)19-14/h2-10H,1H3/q+1. The van der Waals surface area contributed by atoms with Gasteiger partial charge < -0.3 is 4.74 Å². The van der Waals surface area contributed by atoms with E-state index in [2.05, 4.69) is 0 Å². The average molecular weight is 270 g/mol. The van der Waals surface area contributed by atoms with Gasteiger partial charge in [0.05, 0.1) is 7.11 Å². The van der Waals surface area contributed by atoms with Crippen molar-refractivity contribution < 1.29 is 13.9 Å². The minimum Gasteiger partial charge on any atom is -0.465 e. The topological polar surface area (TPSA) is 30.4 Å². The van der Waals surface area contributed by atoms with Crippen molar-refractivity contribution in [3.63, 3.8) is 0 Å². The fourth-order valence-corrected chi connectivity index (χ4v) is 3.14. The summed E-state index contributed by atoms with van der Waals surface area (Å²) in [5, 5.41) is 0. The number of pyridine rings is 1. The van der Waals surface area contributed by atoms with E-state index >= 15 is 0 Å². The van der Waals surface area contributed by atoms with Gasteiger partial charge in [-0.2, -0.15) is 0 Å². The van der Waals surface area contributed by atoms with E-state index in [1.807, 2.05) is 59.1 Å². The van der Waals surface area contributed by atoms with Crippen LogP contribution in [0.25, 0.3) is 16.1 Å². The number of aromatic nitrogens is 1.